The summed E-state index contributed by atoms with van der Waals surface area (Å²) in [7, 11) is -6.64. The summed E-state index contributed by atoms with van der Waals surface area (Å²) in [4.78, 5) is 9.92. The number of hydrogen-bond donors (Lipinski definition) is 1. The second-order valence-corrected chi connectivity index (χ2v) is 5.03. The highest BCUT2D eigenvalue weighted by atomic mass is 32.2. The van der Waals surface area contributed by atoms with Crippen LogP contribution in [0.3, 0.4) is 0 Å². The Hall–Kier alpha value is -0.0700. The summed E-state index contributed by atoms with van der Waals surface area (Å²) in [6.07, 6.45) is 2.24. The van der Waals surface area contributed by atoms with Gasteiger partial charge in [-0.2, -0.15) is 8.42 Å². The highest BCUT2D eigenvalue weighted by Crippen LogP contribution is 2.10. The van der Waals surface area contributed by atoms with Gasteiger partial charge in [0.25, 0.3) is 10.1 Å². The molecule has 1 unspecified atom stereocenters. The average molecular weight is 244 g/mol. The molecule has 0 spiro atoms. The van der Waals surface area contributed by atoms with Crippen molar-refractivity contribution in [1.82, 2.24) is 0 Å². The molecule has 84 valence electrons. The monoisotopic (exact) mass is 244 g/mol. The molecule has 0 rings (SSSR count). The molecule has 8 heteroatoms. The number of unbranched alkanes of at least 4 members (excludes halogenated alkanes) is 3. The minimum atomic E-state index is -3.86. The lowest BCUT2D eigenvalue weighted by atomic mass is 10.2. The van der Waals surface area contributed by atoms with Gasteiger partial charge in [0, 0.05) is 0 Å². The van der Waals surface area contributed by atoms with Crippen molar-refractivity contribution in [2.75, 3.05) is 12.4 Å². The third kappa shape index (κ3) is 11.9. The first-order valence-electron chi connectivity index (χ1n) is 4.14. The molecule has 14 heavy (non-hydrogen) atoms. The average Bonchev–Trinajstić information content (AvgIpc) is 2.00. The van der Waals surface area contributed by atoms with Crippen LogP contribution in [0.1, 0.15) is 25.7 Å². The molecule has 1 atom stereocenters. The van der Waals surface area contributed by atoms with Crippen molar-refractivity contribution in [3.63, 3.8) is 0 Å². The topological polar surface area (TPSA) is 104 Å². The van der Waals surface area contributed by atoms with Gasteiger partial charge in [-0.1, -0.05) is 12.8 Å². The van der Waals surface area contributed by atoms with Crippen LogP contribution in [0, 0.1) is 0 Å². The predicted octanol–water partition coefficient (Wildman–Crippen LogP) is 0.469. The minimum Gasteiger partial charge on any atom is -0.566 e. The van der Waals surface area contributed by atoms with E-state index < -0.39 is 18.4 Å². The minimum absolute atomic E-state index is 0.130. The maximum absolute atomic E-state index is 10.3. The summed E-state index contributed by atoms with van der Waals surface area (Å²) < 4.78 is 43.1. The van der Waals surface area contributed by atoms with E-state index in [9.17, 15) is 17.9 Å². The van der Waals surface area contributed by atoms with Crippen molar-refractivity contribution in [2.24, 2.45) is 0 Å². The predicted molar refractivity (Wildman–Crippen MR) is 48.4 cm³/mol. The van der Waals surface area contributed by atoms with Gasteiger partial charge in [-0.25, -0.2) is 0 Å². The molecule has 0 aromatic heterocycles. The van der Waals surface area contributed by atoms with Gasteiger partial charge in [-0.05, 0) is 17.4 Å². The first-order chi connectivity index (χ1) is 6.42. The van der Waals surface area contributed by atoms with Gasteiger partial charge < -0.3 is 4.89 Å². The molecule has 0 aromatic rings. The zero-order chi connectivity index (χ0) is 11.0. The lowest BCUT2D eigenvalue weighted by molar-refractivity contribution is -0.185. The molecule has 0 fully saturated rings. The van der Waals surface area contributed by atoms with E-state index >= 15 is 0 Å². The van der Waals surface area contributed by atoms with Crippen molar-refractivity contribution >= 4 is 18.4 Å². The Bertz CT molecular complexity index is 261. The van der Waals surface area contributed by atoms with E-state index in [2.05, 4.69) is 4.52 Å². The molecule has 0 amide bonds. The largest absolute Gasteiger partial charge is 0.566 e. The van der Waals surface area contributed by atoms with Gasteiger partial charge in [0.15, 0.2) is 0 Å². The Morgan fingerprint density at radius 2 is 1.79 bits per heavy atom. The van der Waals surface area contributed by atoms with Crippen LogP contribution in [0.15, 0.2) is 0 Å². The molecule has 0 aromatic carbocycles. The second kappa shape index (κ2) is 7.25. The maximum atomic E-state index is 10.3. The van der Waals surface area contributed by atoms with Crippen molar-refractivity contribution in [3.05, 3.63) is 0 Å². The first-order valence-corrected chi connectivity index (χ1v) is 6.85. The Labute approximate surface area is 84.0 Å². The van der Waals surface area contributed by atoms with Crippen molar-refractivity contribution < 1.29 is 27.0 Å². The lowest BCUT2D eigenvalue weighted by Gasteiger charge is -1.97. The van der Waals surface area contributed by atoms with Crippen LogP contribution in [-0.2, 0) is 19.2 Å². The Kier molecular flexibility index (Phi) is 7.22. The summed E-state index contributed by atoms with van der Waals surface area (Å²) >= 11 is 0. The zero-order valence-corrected chi connectivity index (χ0v) is 9.30. The molecular formula is C6H13O6PS. The van der Waals surface area contributed by atoms with Crippen molar-refractivity contribution in [2.45, 2.75) is 25.7 Å². The molecule has 0 aliphatic heterocycles. The fourth-order valence-corrected chi connectivity index (χ4v) is 1.73. The summed E-state index contributed by atoms with van der Waals surface area (Å²) in [5.41, 5.74) is 0. The molecule has 0 heterocycles. The van der Waals surface area contributed by atoms with Crippen LogP contribution in [0.2, 0.25) is 0 Å². The van der Waals surface area contributed by atoms with E-state index in [1.54, 1.807) is 0 Å². The van der Waals surface area contributed by atoms with E-state index in [-0.39, 0.29) is 12.4 Å². The van der Waals surface area contributed by atoms with E-state index in [1.807, 2.05) is 0 Å². The summed E-state index contributed by atoms with van der Waals surface area (Å²) in [6.45, 7) is 0.130. The highest BCUT2D eigenvalue weighted by Gasteiger charge is 2.04. The van der Waals surface area contributed by atoms with Crippen LogP contribution in [0.25, 0.3) is 0 Å². The standard InChI is InChI=1S/C6H13O6PS/c7-13(8)12-5-3-1-2-4-6-14(9,10)11/h1-6H2,(H,9,10,11). The zero-order valence-electron chi connectivity index (χ0n) is 7.59. The normalized spacial score (nSPS) is 12.9. The molecule has 0 radical (unpaired) electrons. The summed E-state index contributed by atoms with van der Waals surface area (Å²) in [5, 5.41) is 0. The molecular weight excluding hydrogens is 231 g/mol. The molecule has 1 N–H and O–H groups in total. The fourth-order valence-electron chi connectivity index (χ4n) is 0.879. The SMILES string of the molecule is O=[P+]([O-])OCCCCCCS(=O)(=O)O. The van der Waals surface area contributed by atoms with E-state index in [1.165, 1.54) is 0 Å². The smallest absolute Gasteiger partial charge is 0.488 e. The van der Waals surface area contributed by atoms with Crippen LogP contribution in [0.4, 0.5) is 0 Å². The van der Waals surface area contributed by atoms with E-state index in [0.717, 1.165) is 0 Å². The quantitative estimate of drug-likeness (QED) is 0.378. The van der Waals surface area contributed by atoms with Crippen LogP contribution in [-0.4, -0.2) is 25.3 Å². The Morgan fingerprint density at radius 1 is 1.21 bits per heavy atom. The van der Waals surface area contributed by atoms with Gasteiger partial charge in [0.2, 0.25) is 0 Å². The lowest BCUT2D eigenvalue weighted by Crippen LogP contribution is -2.03. The van der Waals surface area contributed by atoms with Crippen LogP contribution in [0.5, 0.6) is 0 Å². The summed E-state index contributed by atoms with van der Waals surface area (Å²) in [5.74, 6) is -0.246. The molecule has 0 aliphatic rings. The van der Waals surface area contributed by atoms with Gasteiger partial charge in [0.1, 0.15) is 6.61 Å². The van der Waals surface area contributed by atoms with Gasteiger partial charge in [-0.15, -0.1) is 4.52 Å². The van der Waals surface area contributed by atoms with Crippen LogP contribution >= 0.6 is 8.25 Å². The fraction of sp³-hybridized carbons (Fsp3) is 1.00. The third-order valence-electron chi connectivity index (χ3n) is 1.49. The highest BCUT2D eigenvalue weighted by molar-refractivity contribution is 7.85. The molecule has 0 aliphatic carbocycles. The Morgan fingerprint density at radius 3 is 2.29 bits per heavy atom. The molecule has 0 saturated heterocycles. The van der Waals surface area contributed by atoms with Gasteiger partial charge >= 0.3 is 8.25 Å². The molecule has 0 bridgehead atoms. The van der Waals surface area contributed by atoms with E-state index in [0.29, 0.717) is 25.7 Å². The van der Waals surface area contributed by atoms with E-state index in [4.69, 9.17) is 4.55 Å². The van der Waals surface area contributed by atoms with Gasteiger partial charge in [0.05, 0.1) is 5.75 Å². The maximum Gasteiger partial charge on any atom is 0.488 e. The summed E-state index contributed by atoms with van der Waals surface area (Å²) in [6, 6.07) is 0. The molecule has 6 nitrogen and oxygen atoms in total. The third-order valence-corrected chi connectivity index (χ3v) is 2.69. The second-order valence-electron chi connectivity index (χ2n) is 2.76. The number of rotatable bonds is 8. The van der Waals surface area contributed by atoms with Gasteiger partial charge in [-0.3, -0.25) is 4.55 Å². The Balaban J connectivity index is 3.19. The first kappa shape index (κ1) is 13.9. The van der Waals surface area contributed by atoms with Crippen molar-refractivity contribution in [1.29, 1.82) is 0 Å². The molecule has 0 saturated carbocycles. The van der Waals surface area contributed by atoms with Crippen molar-refractivity contribution in [3.8, 4) is 0 Å². The van der Waals surface area contributed by atoms with Crippen LogP contribution < -0.4 is 4.89 Å². The number of hydrogen-bond acceptors (Lipinski definition) is 5.